The highest BCUT2D eigenvalue weighted by Gasteiger charge is 2.30. The minimum atomic E-state index is -0.522. The number of aromatic amines is 1. The van der Waals surface area contributed by atoms with E-state index in [2.05, 4.69) is 27.2 Å². The predicted octanol–water partition coefficient (Wildman–Crippen LogP) is 3.81. The van der Waals surface area contributed by atoms with E-state index < -0.39 is 5.82 Å². The van der Waals surface area contributed by atoms with E-state index in [0.29, 0.717) is 60.1 Å². The Morgan fingerprint density at radius 1 is 1.38 bits per heavy atom. The third-order valence-electron chi connectivity index (χ3n) is 6.72. The van der Waals surface area contributed by atoms with Crippen molar-refractivity contribution >= 4 is 23.2 Å². The van der Waals surface area contributed by atoms with Crippen molar-refractivity contribution in [1.82, 2.24) is 20.2 Å². The number of likely N-dealkylation sites (tertiary alicyclic amines) is 1. The molecule has 2 aliphatic heterocycles. The first-order valence-corrected chi connectivity index (χ1v) is 12.1. The van der Waals surface area contributed by atoms with Gasteiger partial charge in [-0.25, -0.2) is 4.39 Å². The SMILES string of the molecule is C=CC(=O)N1CCC[C@H]1COc1cnccc1-c1[nH]c2c(c1Nc1cccc(F)c1OC)C(=O)NCC2. The molecule has 0 bridgehead atoms. The number of nitrogens with zero attached hydrogens (tertiary/aromatic N) is 2. The Labute approximate surface area is 213 Å². The highest BCUT2D eigenvalue weighted by atomic mass is 19.1. The summed E-state index contributed by atoms with van der Waals surface area (Å²) >= 11 is 0. The van der Waals surface area contributed by atoms with Crippen LogP contribution in [0, 0.1) is 5.82 Å². The Morgan fingerprint density at radius 2 is 2.24 bits per heavy atom. The van der Waals surface area contributed by atoms with E-state index >= 15 is 0 Å². The Morgan fingerprint density at radius 3 is 3.05 bits per heavy atom. The second-order valence-electron chi connectivity index (χ2n) is 8.89. The molecular weight excluding hydrogens is 477 g/mol. The molecule has 5 rings (SSSR count). The molecule has 2 aromatic heterocycles. The number of hydrogen-bond donors (Lipinski definition) is 3. The van der Waals surface area contributed by atoms with Crippen molar-refractivity contribution in [3.05, 3.63) is 66.4 Å². The molecule has 37 heavy (non-hydrogen) atoms. The lowest BCUT2D eigenvalue weighted by atomic mass is 10.0. The molecule has 2 aliphatic rings. The number of methoxy groups -OCH3 is 1. The normalized spacial score (nSPS) is 16.6. The number of hydrogen-bond acceptors (Lipinski definition) is 6. The van der Waals surface area contributed by atoms with Crippen molar-refractivity contribution in [2.24, 2.45) is 0 Å². The van der Waals surface area contributed by atoms with Crippen molar-refractivity contribution in [3.8, 4) is 22.8 Å². The van der Waals surface area contributed by atoms with E-state index in [-0.39, 0.29) is 23.6 Å². The molecule has 3 N–H and O–H groups in total. The number of ether oxygens (including phenoxy) is 2. The maximum Gasteiger partial charge on any atom is 0.255 e. The van der Waals surface area contributed by atoms with Gasteiger partial charge in [0.15, 0.2) is 11.6 Å². The van der Waals surface area contributed by atoms with Gasteiger partial charge in [-0.15, -0.1) is 0 Å². The van der Waals surface area contributed by atoms with Gasteiger partial charge in [0.05, 0.1) is 42.0 Å². The highest BCUT2D eigenvalue weighted by molar-refractivity contribution is 6.06. The number of anilines is 2. The van der Waals surface area contributed by atoms with E-state index in [1.54, 1.807) is 35.5 Å². The molecule has 0 saturated carbocycles. The number of fused-ring (bicyclic) bond motifs is 1. The molecule has 3 aromatic rings. The van der Waals surface area contributed by atoms with Gasteiger partial charge in [0, 0.05) is 37.0 Å². The molecule has 9 nitrogen and oxygen atoms in total. The molecule has 0 unspecified atom stereocenters. The van der Waals surface area contributed by atoms with Gasteiger partial charge >= 0.3 is 0 Å². The lowest BCUT2D eigenvalue weighted by Gasteiger charge is -2.24. The van der Waals surface area contributed by atoms with E-state index in [0.717, 1.165) is 18.5 Å². The number of carbonyl (C=O) groups is 2. The Hall–Kier alpha value is -4.34. The molecule has 4 heterocycles. The topological polar surface area (TPSA) is 109 Å². The summed E-state index contributed by atoms with van der Waals surface area (Å²) in [5.41, 5.74) is 3.36. The van der Waals surface area contributed by atoms with Gasteiger partial charge in [-0.1, -0.05) is 12.6 Å². The number of aromatic nitrogens is 2. The largest absolute Gasteiger partial charge is 0.492 e. The first kappa shape index (κ1) is 24.4. The third-order valence-corrected chi connectivity index (χ3v) is 6.72. The zero-order chi connectivity index (χ0) is 25.9. The second-order valence-corrected chi connectivity index (χ2v) is 8.89. The summed E-state index contributed by atoms with van der Waals surface area (Å²) in [7, 11) is 1.39. The van der Waals surface area contributed by atoms with Crippen LogP contribution in [0.3, 0.4) is 0 Å². The van der Waals surface area contributed by atoms with Gasteiger partial charge < -0.3 is 30.0 Å². The molecular formula is C27H28FN5O4. The number of halogens is 1. The number of benzene rings is 1. The van der Waals surface area contributed by atoms with Gasteiger partial charge in [0.25, 0.3) is 5.91 Å². The zero-order valence-electron chi connectivity index (χ0n) is 20.5. The van der Waals surface area contributed by atoms with Gasteiger partial charge in [0.2, 0.25) is 5.91 Å². The highest BCUT2D eigenvalue weighted by Crippen LogP contribution is 2.42. The Balaban J connectivity index is 1.53. The minimum absolute atomic E-state index is 0.0408. The van der Waals surface area contributed by atoms with Crippen LogP contribution in [-0.4, -0.2) is 59.5 Å². The van der Waals surface area contributed by atoms with Gasteiger partial charge in [-0.2, -0.15) is 0 Å². The summed E-state index contributed by atoms with van der Waals surface area (Å²) in [5, 5.41) is 6.10. The van der Waals surface area contributed by atoms with Crippen molar-refractivity contribution in [2.75, 3.05) is 32.1 Å². The van der Waals surface area contributed by atoms with Crippen LogP contribution in [0.1, 0.15) is 28.9 Å². The van der Waals surface area contributed by atoms with Crippen LogP contribution >= 0.6 is 0 Å². The van der Waals surface area contributed by atoms with Crippen LogP contribution in [-0.2, 0) is 11.2 Å². The smallest absolute Gasteiger partial charge is 0.255 e. The quantitative estimate of drug-likeness (QED) is 0.402. The zero-order valence-corrected chi connectivity index (χ0v) is 20.5. The van der Waals surface area contributed by atoms with Gasteiger partial charge in [0.1, 0.15) is 12.4 Å². The molecule has 192 valence electrons. The summed E-state index contributed by atoms with van der Waals surface area (Å²) in [6, 6.07) is 6.27. The van der Waals surface area contributed by atoms with Crippen LogP contribution in [0.4, 0.5) is 15.8 Å². The monoisotopic (exact) mass is 505 g/mol. The standard InChI is InChI=1S/C27H28FN5O4/c1-3-22(34)33-13-5-6-16(33)15-37-21-14-29-11-9-17(21)24-25(23-19(31-24)10-12-30-27(23)35)32-20-8-4-7-18(28)26(20)36-2/h3-4,7-9,11,14,16,31-32H,1,5-6,10,12-13,15H2,2H3,(H,30,35)/t16-/m0/s1. The molecule has 10 heteroatoms. The predicted molar refractivity (Wildman–Crippen MR) is 137 cm³/mol. The summed E-state index contributed by atoms with van der Waals surface area (Å²) in [5.74, 6) is -0.336. The lowest BCUT2D eigenvalue weighted by molar-refractivity contribution is -0.127. The average molecular weight is 506 g/mol. The van der Waals surface area contributed by atoms with E-state index in [9.17, 15) is 14.0 Å². The van der Waals surface area contributed by atoms with Gasteiger partial charge in [-0.05, 0) is 37.1 Å². The van der Waals surface area contributed by atoms with Crippen LogP contribution in [0.2, 0.25) is 0 Å². The molecule has 2 amide bonds. The van der Waals surface area contributed by atoms with Crippen LogP contribution in [0.25, 0.3) is 11.3 Å². The summed E-state index contributed by atoms with van der Waals surface area (Å²) in [4.78, 5) is 34.5. The molecule has 0 spiro atoms. The number of rotatable bonds is 8. The van der Waals surface area contributed by atoms with E-state index in [1.165, 1.54) is 19.3 Å². The van der Waals surface area contributed by atoms with Crippen molar-refractivity contribution in [1.29, 1.82) is 0 Å². The maximum absolute atomic E-state index is 14.4. The molecule has 1 atom stereocenters. The van der Waals surface area contributed by atoms with E-state index in [4.69, 9.17) is 9.47 Å². The second kappa shape index (κ2) is 10.3. The van der Waals surface area contributed by atoms with Crippen molar-refractivity contribution in [2.45, 2.75) is 25.3 Å². The number of nitrogens with one attached hydrogen (secondary N) is 3. The number of pyridine rings is 1. The molecule has 0 radical (unpaired) electrons. The molecule has 1 saturated heterocycles. The fourth-order valence-corrected chi connectivity index (χ4v) is 4.96. The number of amides is 2. The molecule has 0 aliphatic carbocycles. The fraction of sp³-hybridized carbons (Fsp3) is 0.296. The first-order valence-electron chi connectivity index (χ1n) is 12.1. The van der Waals surface area contributed by atoms with E-state index in [1.807, 2.05) is 0 Å². The number of para-hydroxylation sites is 1. The summed E-state index contributed by atoms with van der Waals surface area (Å²) < 4.78 is 25.9. The van der Waals surface area contributed by atoms with Crippen molar-refractivity contribution in [3.63, 3.8) is 0 Å². The number of H-pyrrole nitrogens is 1. The molecule has 1 aromatic carbocycles. The lowest BCUT2D eigenvalue weighted by Crippen LogP contribution is -2.38. The number of carbonyl (C=O) groups excluding carboxylic acids is 2. The third kappa shape index (κ3) is 4.62. The average Bonchev–Trinajstić information content (AvgIpc) is 3.53. The maximum atomic E-state index is 14.4. The first-order chi connectivity index (χ1) is 18.0. The minimum Gasteiger partial charge on any atom is -0.492 e. The Kier molecular flexibility index (Phi) is 6.80. The Bertz CT molecular complexity index is 1350. The van der Waals surface area contributed by atoms with Crippen LogP contribution < -0.4 is 20.1 Å². The van der Waals surface area contributed by atoms with Crippen LogP contribution in [0.5, 0.6) is 11.5 Å². The summed E-state index contributed by atoms with van der Waals surface area (Å²) in [6.07, 6.45) is 6.90. The fourth-order valence-electron chi connectivity index (χ4n) is 4.96. The summed E-state index contributed by atoms with van der Waals surface area (Å²) in [6.45, 7) is 5.06. The van der Waals surface area contributed by atoms with Crippen LogP contribution in [0.15, 0.2) is 49.3 Å². The molecule has 1 fully saturated rings. The van der Waals surface area contributed by atoms with Crippen molar-refractivity contribution < 1.29 is 23.5 Å². The van der Waals surface area contributed by atoms with Gasteiger partial charge in [-0.3, -0.25) is 14.6 Å².